The molecule has 0 spiro atoms. The highest BCUT2D eigenvalue weighted by Gasteiger charge is 2.11. The van der Waals surface area contributed by atoms with Crippen molar-refractivity contribution in [3.63, 3.8) is 0 Å². The van der Waals surface area contributed by atoms with Gasteiger partial charge in [0.25, 0.3) is 6.47 Å². The summed E-state index contributed by atoms with van der Waals surface area (Å²) in [5.41, 5.74) is 2.25. The van der Waals surface area contributed by atoms with E-state index in [1.807, 2.05) is 38.7 Å². The van der Waals surface area contributed by atoms with Crippen LogP contribution in [0.25, 0.3) is 0 Å². The van der Waals surface area contributed by atoms with Gasteiger partial charge >= 0.3 is 0 Å². The van der Waals surface area contributed by atoms with Gasteiger partial charge < -0.3 is 10.4 Å². The van der Waals surface area contributed by atoms with Crippen molar-refractivity contribution in [3.8, 4) is 0 Å². The molecule has 128 valence electrons. The molecule has 1 aromatic heterocycles. The van der Waals surface area contributed by atoms with Crippen molar-refractivity contribution in [2.24, 2.45) is 7.05 Å². The van der Waals surface area contributed by atoms with E-state index < -0.39 is 10.0 Å². The summed E-state index contributed by atoms with van der Waals surface area (Å²) in [5.74, 6) is 0.182. The maximum Gasteiger partial charge on any atom is 0.290 e. The molecule has 1 atom stereocenters. The number of aryl methyl sites for hydroxylation is 1. The van der Waals surface area contributed by atoms with Crippen LogP contribution in [0, 0.1) is 6.92 Å². The lowest BCUT2D eigenvalue weighted by molar-refractivity contribution is -0.122. The summed E-state index contributed by atoms with van der Waals surface area (Å²) in [4.78, 5) is 8.36. The summed E-state index contributed by atoms with van der Waals surface area (Å²) < 4.78 is 27.5. The zero-order valence-corrected chi connectivity index (χ0v) is 14.4. The quantitative estimate of drug-likeness (QED) is 0.587. The maximum absolute atomic E-state index is 11.5. The first-order chi connectivity index (χ1) is 10.3. The highest BCUT2D eigenvalue weighted by atomic mass is 32.2. The van der Waals surface area contributed by atoms with Crippen molar-refractivity contribution in [1.29, 1.82) is 0 Å². The molecule has 0 bridgehead atoms. The molecule has 0 saturated carbocycles. The summed E-state index contributed by atoms with van der Waals surface area (Å²) in [6.45, 7) is 6.67. The van der Waals surface area contributed by atoms with Gasteiger partial charge in [0.15, 0.2) is 0 Å². The molecule has 3 N–H and O–H groups in total. The van der Waals surface area contributed by atoms with Gasteiger partial charge in [0.2, 0.25) is 10.0 Å². The topological polar surface area (TPSA) is 113 Å². The molecule has 8 nitrogen and oxygen atoms in total. The van der Waals surface area contributed by atoms with E-state index in [1.165, 1.54) is 0 Å². The monoisotopic (exact) mass is 334 g/mol. The van der Waals surface area contributed by atoms with Crippen LogP contribution in [-0.4, -0.2) is 48.1 Å². The van der Waals surface area contributed by atoms with Crippen LogP contribution in [-0.2, 0) is 28.4 Å². The first-order valence-corrected chi connectivity index (χ1v) is 8.68. The van der Waals surface area contributed by atoms with E-state index in [1.54, 1.807) is 0 Å². The number of rotatable bonds is 8. The molecule has 1 unspecified atom stereocenters. The van der Waals surface area contributed by atoms with Gasteiger partial charge in [-0.3, -0.25) is 9.48 Å². The van der Waals surface area contributed by atoms with Crippen LogP contribution in [0.2, 0.25) is 0 Å². The number of aromatic nitrogens is 2. The van der Waals surface area contributed by atoms with Crippen LogP contribution in [0.5, 0.6) is 0 Å². The minimum Gasteiger partial charge on any atom is -0.483 e. The fourth-order valence-corrected chi connectivity index (χ4v) is 2.85. The second-order valence-electron chi connectivity index (χ2n) is 4.93. The number of carboxylic acid groups (broad SMARTS) is 1. The molecule has 0 fully saturated rings. The Balaban J connectivity index is 0.00000135. The number of nitrogens with one attached hydrogen (secondary N) is 2. The van der Waals surface area contributed by atoms with Crippen LogP contribution in [0.4, 0.5) is 0 Å². The van der Waals surface area contributed by atoms with Crippen LogP contribution in [0.3, 0.4) is 0 Å². The highest BCUT2D eigenvalue weighted by Crippen LogP contribution is 2.05. The lowest BCUT2D eigenvalue weighted by Crippen LogP contribution is -2.39. The Bertz CT molecular complexity index is 542. The molecule has 0 saturated heterocycles. The lowest BCUT2D eigenvalue weighted by Gasteiger charge is -2.14. The average molecular weight is 334 g/mol. The Morgan fingerprint density at radius 2 is 2.09 bits per heavy atom. The summed E-state index contributed by atoms with van der Waals surface area (Å²) in [6.07, 6.45) is 2.46. The number of carbonyl (C=O) groups is 1. The number of hydrogen-bond donors (Lipinski definition) is 3. The van der Waals surface area contributed by atoms with E-state index in [9.17, 15) is 8.42 Å². The largest absolute Gasteiger partial charge is 0.483 e. The van der Waals surface area contributed by atoms with Crippen LogP contribution >= 0.6 is 0 Å². The number of hydrogen-bond acceptors (Lipinski definition) is 5. The average Bonchev–Trinajstić information content (AvgIpc) is 2.75. The van der Waals surface area contributed by atoms with Crippen LogP contribution in [0.15, 0.2) is 6.20 Å². The molecular formula is C13H26N4O4S. The molecule has 1 heterocycles. The molecule has 0 amide bonds. The third kappa shape index (κ3) is 8.11. The molecular weight excluding hydrogens is 308 g/mol. The Labute approximate surface area is 132 Å². The standard InChI is InChI=1S/C12H24N4O2S.CH2O2/c1-5-6-19(17,18)15-7-10(2)13-8-12-9-14-16(4)11(12)3;2-1-3/h9-10,13,15H,5-8H2,1-4H3;1H,(H,2,3). The Hall–Kier alpha value is -1.45. The summed E-state index contributed by atoms with van der Waals surface area (Å²) >= 11 is 0. The molecule has 22 heavy (non-hydrogen) atoms. The van der Waals surface area contributed by atoms with Gasteiger partial charge in [0, 0.05) is 37.4 Å². The van der Waals surface area contributed by atoms with Gasteiger partial charge in [0.1, 0.15) is 0 Å². The molecule has 0 aliphatic heterocycles. The van der Waals surface area contributed by atoms with Crippen molar-refractivity contribution in [2.45, 2.75) is 39.8 Å². The highest BCUT2D eigenvalue weighted by molar-refractivity contribution is 7.89. The summed E-state index contributed by atoms with van der Waals surface area (Å²) in [5, 5.41) is 14.3. The van der Waals surface area contributed by atoms with Crippen LogP contribution in [0.1, 0.15) is 31.5 Å². The Kier molecular flexibility index (Phi) is 9.63. The van der Waals surface area contributed by atoms with Crippen molar-refractivity contribution < 1.29 is 18.3 Å². The van der Waals surface area contributed by atoms with Gasteiger partial charge in [-0.05, 0) is 20.3 Å². The zero-order valence-electron chi connectivity index (χ0n) is 13.5. The molecule has 0 aliphatic carbocycles. The van der Waals surface area contributed by atoms with Gasteiger partial charge in [0.05, 0.1) is 11.9 Å². The summed E-state index contributed by atoms with van der Waals surface area (Å²) in [6, 6.07) is 0.0752. The van der Waals surface area contributed by atoms with Crippen molar-refractivity contribution in [1.82, 2.24) is 19.8 Å². The lowest BCUT2D eigenvalue weighted by atomic mass is 10.2. The van der Waals surface area contributed by atoms with E-state index in [0.717, 1.165) is 11.3 Å². The molecule has 1 rings (SSSR count). The Morgan fingerprint density at radius 1 is 1.50 bits per heavy atom. The molecule has 0 radical (unpaired) electrons. The van der Waals surface area contributed by atoms with E-state index in [2.05, 4.69) is 15.1 Å². The maximum atomic E-state index is 11.5. The van der Waals surface area contributed by atoms with Crippen LogP contribution < -0.4 is 10.0 Å². The zero-order chi connectivity index (χ0) is 17.2. The SMILES string of the molecule is CCCS(=O)(=O)NCC(C)NCc1cnn(C)c1C.O=CO. The van der Waals surface area contributed by atoms with E-state index >= 15 is 0 Å². The summed E-state index contributed by atoms with van der Waals surface area (Å²) in [7, 11) is -1.22. The minimum absolute atomic E-state index is 0.0752. The van der Waals surface area contributed by atoms with E-state index in [0.29, 0.717) is 19.5 Å². The fraction of sp³-hybridized carbons (Fsp3) is 0.692. The van der Waals surface area contributed by atoms with Gasteiger partial charge in [-0.25, -0.2) is 13.1 Å². The Morgan fingerprint density at radius 3 is 2.55 bits per heavy atom. The third-order valence-electron chi connectivity index (χ3n) is 3.06. The van der Waals surface area contributed by atoms with Crippen molar-refractivity contribution in [3.05, 3.63) is 17.5 Å². The first kappa shape index (κ1) is 20.6. The first-order valence-electron chi connectivity index (χ1n) is 7.03. The van der Waals surface area contributed by atoms with Crippen molar-refractivity contribution >= 4 is 16.5 Å². The minimum atomic E-state index is -3.12. The molecule has 1 aromatic rings. The van der Waals surface area contributed by atoms with Gasteiger partial charge in [-0.1, -0.05) is 6.92 Å². The molecule has 0 aromatic carbocycles. The second kappa shape index (κ2) is 10.3. The molecule has 0 aliphatic rings. The van der Waals surface area contributed by atoms with Crippen molar-refractivity contribution in [2.75, 3.05) is 12.3 Å². The molecule has 9 heteroatoms. The normalized spacial score (nSPS) is 12.4. The van der Waals surface area contributed by atoms with Gasteiger partial charge in [-0.15, -0.1) is 0 Å². The predicted molar refractivity (Wildman–Crippen MR) is 85.0 cm³/mol. The second-order valence-corrected chi connectivity index (χ2v) is 6.86. The van der Waals surface area contributed by atoms with E-state index in [-0.39, 0.29) is 18.3 Å². The number of sulfonamides is 1. The smallest absolute Gasteiger partial charge is 0.290 e. The van der Waals surface area contributed by atoms with Gasteiger partial charge in [-0.2, -0.15) is 5.10 Å². The predicted octanol–water partition coefficient (Wildman–Crippen LogP) is 0.237. The fourth-order valence-electron chi connectivity index (χ4n) is 1.67. The number of nitrogens with zero attached hydrogens (tertiary/aromatic N) is 2. The third-order valence-corrected chi connectivity index (χ3v) is 4.61. The van der Waals surface area contributed by atoms with E-state index in [4.69, 9.17) is 9.90 Å².